The fourth-order valence-electron chi connectivity index (χ4n) is 2.82. The average molecular weight is 245 g/mol. The van der Waals surface area contributed by atoms with Crippen LogP contribution in [0.4, 0.5) is 0 Å². The molecule has 1 nitrogen and oxygen atoms in total. The van der Waals surface area contributed by atoms with Gasteiger partial charge in [-0.05, 0) is 49.8 Å². The molecule has 1 N–H and O–H groups in total. The first-order chi connectivity index (χ1) is 8.79. The number of benzene rings is 1. The van der Waals surface area contributed by atoms with E-state index in [0.717, 1.165) is 12.5 Å². The summed E-state index contributed by atoms with van der Waals surface area (Å²) in [4.78, 5) is 0. The molecule has 1 unspecified atom stereocenters. The maximum atomic E-state index is 3.74. The van der Waals surface area contributed by atoms with Gasteiger partial charge in [-0.25, -0.2) is 0 Å². The largest absolute Gasteiger partial charge is 0.314 e. The lowest BCUT2D eigenvalue weighted by Crippen LogP contribution is -2.35. The van der Waals surface area contributed by atoms with Crippen molar-refractivity contribution in [3.63, 3.8) is 0 Å². The Morgan fingerprint density at radius 1 is 1.28 bits per heavy atom. The highest BCUT2D eigenvalue weighted by atomic mass is 14.9. The first-order valence-electron chi connectivity index (χ1n) is 7.57. The Labute approximate surface area is 112 Å². The Bertz CT molecular complexity index is 354. The van der Waals surface area contributed by atoms with Crippen molar-refractivity contribution in [2.45, 2.75) is 58.4 Å². The van der Waals surface area contributed by atoms with Gasteiger partial charge in [0.05, 0.1) is 0 Å². The minimum Gasteiger partial charge on any atom is -0.314 e. The number of rotatable bonds is 7. The molecule has 1 aromatic rings. The predicted molar refractivity (Wildman–Crippen MR) is 78.9 cm³/mol. The topological polar surface area (TPSA) is 12.0 Å². The molecule has 1 aliphatic carbocycles. The van der Waals surface area contributed by atoms with Gasteiger partial charge in [-0.3, -0.25) is 0 Å². The van der Waals surface area contributed by atoms with E-state index >= 15 is 0 Å². The summed E-state index contributed by atoms with van der Waals surface area (Å²) in [6.45, 7) is 5.64. The van der Waals surface area contributed by atoms with Crippen LogP contribution in [0.1, 0.15) is 50.2 Å². The molecule has 0 radical (unpaired) electrons. The van der Waals surface area contributed by atoms with Crippen LogP contribution in [-0.2, 0) is 6.42 Å². The zero-order valence-electron chi connectivity index (χ0n) is 11.9. The zero-order valence-corrected chi connectivity index (χ0v) is 11.9. The molecular formula is C17H27N. The molecule has 0 aliphatic heterocycles. The first kappa shape index (κ1) is 13.6. The van der Waals surface area contributed by atoms with E-state index in [1.54, 1.807) is 0 Å². The van der Waals surface area contributed by atoms with E-state index in [9.17, 15) is 0 Å². The second kappa shape index (κ2) is 6.94. The summed E-state index contributed by atoms with van der Waals surface area (Å²) in [5, 5.41) is 3.74. The molecule has 2 rings (SSSR count). The fourth-order valence-corrected chi connectivity index (χ4v) is 2.82. The van der Waals surface area contributed by atoms with Crippen molar-refractivity contribution in [2.24, 2.45) is 5.92 Å². The molecule has 0 heterocycles. The van der Waals surface area contributed by atoms with E-state index < -0.39 is 0 Å². The number of aryl methyl sites for hydroxylation is 1. The summed E-state index contributed by atoms with van der Waals surface area (Å²) in [6.07, 6.45) is 8.16. The lowest BCUT2D eigenvalue weighted by Gasteiger charge is -2.30. The normalized spacial score (nSPS) is 17.4. The lowest BCUT2D eigenvalue weighted by atomic mass is 9.79. The van der Waals surface area contributed by atoms with Crippen LogP contribution in [-0.4, -0.2) is 12.6 Å². The minimum absolute atomic E-state index is 0.677. The van der Waals surface area contributed by atoms with E-state index in [0.29, 0.717) is 6.04 Å². The van der Waals surface area contributed by atoms with Crippen molar-refractivity contribution < 1.29 is 0 Å². The van der Waals surface area contributed by atoms with Crippen molar-refractivity contribution in [3.8, 4) is 0 Å². The standard InChI is InChI=1S/C17H27N/c1-3-11-18-17(12-15-8-6-9-15)13-16-10-5-4-7-14(16)2/h4-5,7,10,15,17-18H,3,6,8-9,11-13H2,1-2H3. The minimum atomic E-state index is 0.677. The van der Waals surface area contributed by atoms with Gasteiger partial charge in [0, 0.05) is 6.04 Å². The van der Waals surface area contributed by atoms with E-state index in [2.05, 4.69) is 43.4 Å². The molecule has 0 saturated heterocycles. The van der Waals surface area contributed by atoms with Crippen LogP contribution < -0.4 is 5.32 Å². The van der Waals surface area contributed by atoms with Crippen molar-refractivity contribution in [2.75, 3.05) is 6.54 Å². The first-order valence-corrected chi connectivity index (χ1v) is 7.57. The van der Waals surface area contributed by atoms with Gasteiger partial charge in [0.25, 0.3) is 0 Å². The third-order valence-corrected chi connectivity index (χ3v) is 4.25. The highest BCUT2D eigenvalue weighted by molar-refractivity contribution is 5.26. The highest BCUT2D eigenvalue weighted by Gasteiger charge is 2.22. The molecule has 1 atom stereocenters. The Morgan fingerprint density at radius 2 is 2.06 bits per heavy atom. The monoisotopic (exact) mass is 245 g/mol. The summed E-state index contributed by atoms with van der Waals surface area (Å²) < 4.78 is 0. The number of hydrogen-bond acceptors (Lipinski definition) is 1. The smallest absolute Gasteiger partial charge is 0.0110 e. The fraction of sp³-hybridized carbons (Fsp3) is 0.647. The Balaban J connectivity index is 1.92. The van der Waals surface area contributed by atoms with Gasteiger partial charge in [0.2, 0.25) is 0 Å². The van der Waals surface area contributed by atoms with Crippen molar-refractivity contribution >= 4 is 0 Å². The van der Waals surface area contributed by atoms with Gasteiger partial charge in [-0.1, -0.05) is 50.5 Å². The maximum Gasteiger partial charge on any atom is 0.0110 e. The highest BCUT2D eigenvalue weighted by Crippen LogP contribution is 2.31. The number of nitrogens with one attached hydrogen (secondary N) is 1. The zero-order chi connectivity index (χ0) is 12.8. The van der Waals surface area contributed by atoms with Crippen LogP contribution in [0, 0.1) is 12.8 Å². The van der Waals surface area contributed by atoms with E-state index in [-0.39, 0.29) is 0 Å². The van der Waals surface area contributed by atoms with E-state index in [4.69, 9.17) is 0 Å². The van der Waals surface area contributed by atoms with Crippen LogP contribution in [0.2, 0.25) is 0 Å². The third kappa shape index (κ3) is 3.84. The van der Waals surface area contributed by atoms with Crippen LogP contribution in [0.5, 0.6) is 0 Å². The summed E-state index contributed by atoms with van der Waals surface area (Å²) >= 11 is 0. The van der Waals surface area contributed by atoms with Crippen molar-refractivity contribution in [1.82, 2.24) is 5.32 Å². The van der Waals surface area contributed by atoms with Crippen LogP contribution in [0.3, 0.4) is 0 Å². The Hall–Kier alpha value is -0.820. The summed E-state index contributed by atoms with van der Waals surface area (Å²) in [6, 6.07) is 9.50. The van der Waals surface area contributed by atoms with Crippen LogP contribution in [0.25, 0.3) is 0 Å². The SMILES string of the molecule is CCCNC(Cc1ccccc1C)CC1CCC1. The molecule has 1 heteroatoms. The molecular weight excluding hydrogens is 218 g/mol. The maximum absolute atomic E-state index is 3.74. The molecule has 100 valence electrons. The third-order valence-electron chi connectivity index (χ3n) is 4.25. The second-order valence-corrected chi connectivity index (χ2v) is 5.81. The predicted octanol–water partition coefficient (Wildman–Crippen LogP) is 4.10. The Morgan fingerprint density at radius 3 is 2.67 bits per heavy atom. The van der Waals surface area contributed by atoms with Gasteiger partial charge in [-0.15, -0.1) is 0 Å². The molecule has 0 amide bonds. The summed E-state index contributed by atoms with van der Waals surface area (Å²) in [5.41, 5.74) is 2.96. The average Bonchev–Trinajstić information content (AvgIpc) is 2.33. The van der Waals surface area contributed by atoms with Crippen LogP contribution in [0.15, 0.2) is 24.3 Å². The molecule has 1 aromatic carbocycles. The van der Waals surface area contributed by atoms with Gasteiger partial charge >= 0.3 is 0 Å². The quantitative estimate of drug-likeness (QED) is 0.762. The summed E-state index contributed by atoms with van der Waals surface area (Å²) in [7, 11) is 0. The summed E-state index contributed by atoms with van der Waals surface area (Å²) in [5.74, 6) is 0.989. The van der Waals surface area contributed by atoms with Crippen LogP contribution >= 0.6 is 0 Å². The number of hydrogen-bond donors (Lipinski definition) is 1. The molecule has 1 aliphatic rings. The van der Waals surface area contributed by atoms with Gasteiger partial charge < -0.3 is 5.32 Å². The van der Waals surface area contributed by atoms with Crippen molar-refractivity contribution in [1.29, 1.82) is 0 Å². The second-order valence-electron chi connectivity index (χ2n) is 5.81. The molecule has 0 spiro atoms. The molecule has 0 bridgehead atoms. The van der Waals surface area contributed by atoms with Gasteiger partial charge in [0.15, 0.2) is 0 Å². The van der Waals surface area contributed by atoms with Crippen molar-refractivity contribution in [3.05, 3.63) is 35.4 Å². The van der Waals surface area contributed by atoms with Gasteiger partial charge in [-0.2, -0.15) is 0 Å². The van der Waals surface area contributed by atoms with E-state index in [1.165, 1.54) is 49.7 Å². The van der Waals surface area contributed by atoms with E-state index in [1.807, 2.05) is 0 Å². The molecule has 1 saturated carbocycles. The Kier molecular flexibility index (Phi) is 5.25. The lowest BCUT2D eigenvalue weighted by molar-refractivity contribution is 0.259. The molecule has 18 heavy (non-hydrogen) atoms. The molecule has 0 aromatic heterocycles. The van der Waals surface area contributed by atoms with Gasteiger partial charge in [0.1, 0.15) is 0 Å². The molecule has 1 fully saturated rings.